The Labute approximate surface area is 165 Å². The molecule has 0 saturated heterocycles. The lowest BCUT2D eigenvalue weighted by molar-refractivity contribution is -0.115. The van der Waals surface area contributed by atoms with Gasteiger partial charge in [0.1, 0.15) is 10.8 Å². The monoisotopic (exact) mass is 401 g/mol. The number of amides is 2. The van der Waals surface area contributed by atoms with Crippen molar-refractivity contribution in [1.82, 2.24) is 14.8 Å². The Morgan fingerprint density at radius 1 is 1.22 bits per heavy atom. The van der Waals surface area contributed by atoms with Gasteiger partial charge in [0.15, 0.2) is 5.16 Å². The number of primary amides is 1. The van der Waals surface area contributed by atoms with Crippen molar-refractivity contribution < 1.29 is 9.59 Å². The Morgan fingerprint density at radius 2 is 1.96 bits per heavy atom. The molecule has 2 amide bonds. The molecule has 9 heteroatoms. The highest BCUT2D eigenvalue weighted by Gasteiger charge is 2.22. The quantitative estimate of drug-likeness (QED) is 0.618. The first-order valence-electron chi connectivity index (χ1n) is 8.21. The van der Waals surface area contributed by atoms with Crippen molar-refractivity contribution in [2.24, 2.45) is 5.73 Å². The minimum Gasteiger partial charge on any atom is -0.366 e. The average molecular weight is 402 g/mol. The summed E-state index contributed by atoms with van der Waals surface area (Å²) in [5.74, 6) is -0.0580. The van der Waals surface area contributed by atoms with Crippen LogP contribution in [0.1, 0.15) is 28.7 Å². The van der Waals surface area contributed by atoms with Crippen molar-refractivity contribution in [2.45, 2.75) is 31.2 Å². The number of nitrogens with zero attached hydrogens (tertiary/aromatic N) is 3. The summed E-state index contributed by atoms with van der Waals surface area (Å²) in [6.07, 6.45) is 0. The number of benzene rings is 1. The summed E-state index contributed by atoms with van der Waals surface area (Å²) in [6, 6.07) is 9.53. The summed E-state index contributed by atoms with van der Waals surface area (Å²) < 4.78 is 1.93. The van der Waals surface area contributed by atoms with Crippen LogP contribution in [0.15, 0.2) is 40.9 Å². The number of rotatable bonds is 6. The summed E-state index contributed by atoms with van der Waals surface area (Å²) in [7, 11) is 0. The molecule has 0 aliphatic carbocycles. The molecule has 1 atom stereocenters. The number of para-hydroxylation sites is 1. The zero-order valence-corrected chi connectivity index (χ0v) is 16.7. The van der Waals surface area contributed by atoms with E-state index in [1.165, 1.54) is 23.1 Å². The van der Waals surface area contributed by atoms with Gasteiger partial charge >= 0.3 is 0 Å². The van der Waals surface area contributed by atoms with Crippen LogP contribution in [0, 0.1) is 13.8 Å². The molecule has 1 aromatic carbocycles. The van der Waals surface area contributed by atoms with Gasteiger partial charge in [0.2, 0.25) is 5.91 Å². The van der Waals surface area contributed by atoms with E-state index in [0.717, 1.165) is 17.1 Å². The minimum absolute atomic E-state index is 0.234. The summed E-state index contributed by atoms with van der Waals surface area (Å²) in [5.41, 5.74) is 7.70. The van der Waals surface area contributed by atoms with Crippen molar-refractivity contribution in [3.8, 4) is 5.69 Å². The second kappa shape index (κ2) is 7.93. The summed E-state index contributed by atoms with van der Waals surface area (Å²) in [4.78, 5) is 24.0. The number of nitrogens with two attached hydrogens (primary N) is 1. The van der Waals surface area contributed by atoms with Crippen molar-refractivity contribution in [1.29, 1.82) is 0 Å². The molecule has 0 aliphatic heterocycles. The van der Waals surface area contributed by atoms with E-state index in [2.05, 4.69) is 15.5 Å². The molecule has 0 saturated carbocycles. The van der Waals surface area contributed by atoms with E-state index in [4.69, 9.17) is 5.73 Å². The van der Waals surface area contributed by atoms with Gasteiger partial charge in [0, 0.05) is 0 Å². The standard InChI is InChI=1S/C18H19N5O2S2/c1-10-6-4-5-7-14(10)23-12(3)21-22-18(23)27-11(2)16(25)20-17-13(15(19)24)8-9-26-17/h4-9,11H,1-3H3,(H2,19,24)(H,20,25). The van der Waals surface area contributed by atoms with Gasteiger partial charge < -0.3 is 11.1 Å². The van der Waals surface area contributed by atoms with Crippen LogP contribution in [-0.2, 0) is 4.79 Å². The van der Waals surface area contributed by atoms with Crippen molar-refractivity contribution in [3.63, 3.8) is 0 Å². The predicted molar refractivity (Wildman–Crippen MR) is 108 cm³/mol. The molecule has 0 fully saturated rings. The Morgan fingerprint density at radius 3 is 2.67 bits per heavy atom. The maximum atomic E-state index is 12.6. The van der Waals surface area contributed by atoms with Gasteiger partial charge in [-0.1, -0.05) is 30.0 Å². The van der Waals surface area contributed by atoms with Crippen molar-refractivity contribution in [3.05, 3.63) is 52.7 Å². The number of hydrogen-bond donors (Lipinski definition) is 2. The zero-order chi connectivity index (χ0) is 19.6. The van der Waals surface area contributed by atoms with E-state index in [0.29, 0.717) is 15.7 Å². The van der Waals surface area contributed by atoms with E-state index < -0.39 is 11.2 Å². The van der Waals surface area contributed by atoms with Crippen LogP contribution in [0.3, 0.4) is 0 Å². The first kappa shape index (κ1) is 19.1. The second-order valence-electron chi connectivity index (χ2n) is 5.93. The summed E-state index contributed by atoms with van der Waals surface area (Å²) in [6.45, 7) is 5.67. The van der Waals surface area contributed by atoms with Gasteiger partial charge in [-0.15, -0.1) is 21.5 Å². The third kappa shape index (κ3) is 4.04. The van der Waals surface area contributed by atoms with Crippen LogP contribution in [0.5, 0.6) is 0 Å². The molecule has 0 aliphatic rings. The Hall–Kier alpha value is -2.65. The highest BCUT2D eigenvalue weighted by atomic mass is 32.2. The number of anilines is 1. The van der Waals surface area contributed by atoms with E-state index in [9.17, 15) is 9.59 Å². The molecule has 0 spiro atoms. The second-order valence-corrected chi connectivity index (χ2v) is 8.15. The first-order valence-corrected chi connectivity index (χ1v) is 9.97. The number of nitrogens with one attached hydrogen (secondary N) is 1. The molecule has 0 radical (unpaired) electrons. The Kier molecular flexibility index (Phi) is 5.62. The number of hydrogen-bond acceptors (Lipinski definition) is 6. The van der Waals surface area contributed by atoms with Crippen molar-refractivity contribution >= 4 is 39.9 Å². The SMILES string of the molecule is Cc1ccccc1-n1c(C)nnc1SC(C)C(=O)Nc1sccc1C(N)=O. The van der Waals surface area contributed by atoms with Gasteiger partial charge in [-0.3, -0.25) is 14.2 Å². The number of thioether (sulfide) groups is 1. The van der Waals surface area contributed by atoms with Gasteiger partial charge in [-0.05, 0) is 43.8 Å². The molecule has 1 unspecified atom stereocenters. The topological polar surface area (TPSA) is 103 Å². The summed E-state index contributed by atoms with van der Waals surface area (Å²) in [5, 5.41) is 13.5. The predicted octanol–water partition coefficient (Wildman–Crippen LogP) is 3.16. The highest BCUT2D eigenvalue weighted by molar-refractivity contribution is 8.00. The van der Waals surface area contributed by atoms with E-state index in [1.807, 2.05) is 42.7 Å². The zero-order valence-electron chi connectivity index (χ0n) is 15.1. The average Bonchev–Trinajstić information content (AvgIpc) is 3.22. The number of aromatic nitrogens is 3. The molecule has 7 nitrogen and oxygen atoms in total. The molecule has 3 aromatic rings. The van der Waals surface area contributed by atoms with E-state index in [1.54, 1.807) is 18.4 Å². The molecule has 0 bridgehead atoms. The third-order valence-electron chi connectivity index (χ3n) is 3.97. The van der Waals surface area contributed by atoms with E-state index >= 15 is 0 Å². The lowest BCUT2D eigenvalue weighted by Gasteiger charge is -2.14. The van der Waals surface area contributed by atoms with Gasteiger partial charge in [-0.2, -0.15) is 0 Å². The fraction of sp³-hybridized carbons (Fsp3) is 0.222. The maximum Gasteiger partial charge on any atom is 0.251 e. The van der Waals surface area contributed by atoms with Crippen LogP contribution in [0.2, 0.25) is 0 Å². The number of thiophene rings is 1. The van der Waals surface area contributed by atoms with Crippen LogP contribution < -0.4 is 11.1 Å². The fourth-order valence-corrected chi connectivity index (χ4v) is 4.24. The normalized spacial score (nSPS) is 12.0. The van der Waals surface area contributed by atoms with Crippen LogP contribution >= 0.6 is 23.1 Å². The first-order chi connectivity index (χ1) is 12.9. The molecule has 2 heterocycles. The largest absolute Gasteiger partial charge is 0.366 e. The van der Waals surface area contributed by atoms with Gasteiger partial charge in [0.25, 0.3) is 5.91 Å². The van der Waals surface area contributed by atoms with Gasteiger partial charge in [-0.25, -0.2) is 0 Å². The lowest BCUT2D eigenvalue weighted by atomic mass is 10.2. The molecule has 140 valence electrons. The third-order valence-corrected chi connectivity index (χ3v) is 5.84. The molecular weight excluding hydrogens is 382 g/mol. The Bertz CT molecular complexity index is 995. The smallest absolute Gasteiger partial charge is 0.251 e. The van der Waals surface area contributed by atoms with Crippen LogP contribution in [0.4, 0.5) is 5.00 Å². The number of aryl methyl sites for hydroxylation is 2. The van der Waals surface area contributed by atoms with E-state index in [-0.39, 0.29) is 5.91 Å². The molecule has 3 rings (SSSR count). The maximum absolute atomic E-state index is 12.6. The highest BCUT2D eigenvalue weighted by Crippen LogP contribution is 2.29. The molecule has 2 aromatic heterocycles. The summed E-state index contributed by atoms with van der Waals surface area (Å²) >= 11 is 2.57. The van der Waals surface area contributed by atoms with Crippen molar-refractivity contribution in [2.75, 3.05) is 5.32 Å². The molecular formula is C18H19N5O2S2. The molecule has 3 N–H and O–H groups in total. The fourth-order valence-electron chi connectivity index (χ4n) is 2.54. The number of carbonyl (C=O) groups excluding carboxylic acids is 2. The van der Waals surface area contributed by atoms with Crippen LogP contribution in [-0.4, -0.2) is 31.8 Å². The number of carbonyl (C=O) groups is 2. The minimum atomic E-state index is -0.568. The van der Waals surface area contributed by atoms with Crippen LogP contribution in [0.25, 0.3) is 5.69 Å². The van der Waals surface area contributed by atoms with Gasteiger partial charge in [0.05, 0.1) is 16.5 Å². The lowest BCUT2D eigenvalue weighted by Crippen LogP contribution is -2.24. The Balaban J connectivity index is 1.80. The molecule has 27 heavy (non-hydrogen) atoms.